The molecule has 0 radical (unpaired) electrons. The quantitative estimate of drug-likeness (QED) is 0.841. The summed E-state index contributed by atoms with van der Waals surface area (Å²) in [5, 5.41) is 3.45. The van der Waals surface area contributed by atoms with E-state index in [0.29, 0.717) is 10.8 Å². The molecule has 0 saturated heterocycles. The Labute approximate surface area is 128 Å². The molecule has 1 aromatic rings. The molecule has 0 aliphatic heterocycles. The molecule has 3 N–H and O–H groups in total. The van der Waals surface area contributed by atoms with Gasteiger partial charge >= 0.3 is 0 Å². The van der Waals surface area contributed by atoms with Gasteiger partial charge < -0.3 is 11.1 Å². The van der Waals surface area contributed by atoms with Crippen LogP contribution in [0.2, 0.25) is 0 Å². The Hall–Kier alpha value is -1.51. The first-order valence-corrected chi connectivity index (χ1v) is 8.26. The predicted molar refractivity (Wildman–Crippen MR) is 84.7 cm³/mol. The van der Waals surface area contributed by atoms with Gasteiger partial charge in [0, 0.05) is 16.9 Å². The summed E-state index contributed by atoms with van der Waals surface area (Å²) in [6.45, 7) is 0.204. The maximum Gasteiger partial charge on any atom is 0.252 e. The lowest BCUT2D eigenvalue weighted by molar-refractivity contribution is 0.0938. The fourth-order valence-corrected chi connectivity index (χ4v) is 3.51. The number of carbonyl (C=O) groups excluding carboxylic acids is 1. The second kappa shape index (κ2) is 7.48. The van der Waals surface area contributed by atoms with E-state index in [0.717, 1.165) is 19.3 Å². The highest BCUT2D eigenvalue weighted by atomic mass is 32.2. The van der Waals surface area contributed by atoms with E-state index in [1.807, 2.05) is 0 Å². The van der Waals surface area contributed by atoms with Crippen LogP contribution in [0.5, 0.6) is 0 Å². The number of benzene rings is 1. The maximum atomic E-state index is 13.4. The molecule has 1 saturated carbocycles. The molecule has 2 unspecified atom stereocenters. The number of rotatable bonds is 3. The fraction of sp³-hybridized carbons (Fsp3) is 0.438. The van der Waals surface area contributed by atoms with Crippen LogP contribution in [0.3, 0.4) is 0 Å². The summed E-state index contributed by atoms with van der Waals surface area (Å²) in [5.41, 5.74) is 6.14. The van der Waals surface area contributed by atoms with Crippen molar-refractivity contribution in [2.24, 2.45) is 5.73 Å². The lowest BCUT2D eigenvalue weighted by atomic mass is 10.1. The average Bonchev–Trinajstić information content (AvgIpc) is 2.93. The lowest BCUT2D eigenvalue weighted by Gasteiger charge is -2.19. The van der Waals surface area contributed by atoms with Crippen molar-refractivity contribution in [2.75, 3.05) is 12.8 Å². The standard InChI is InChI=1S/C16H19FN2OS/c1-21-15-6-2-5-14(15)19-16(20)13-10-12(17)8-7-11(13)4-3-9-18/h7-8,10,14-15H,2,5-6,9,18H2,1H3,(H,19,20). The van der Waals surface area contributed by atoms with Crippen molar-refractivity contribution in [3.8, 4) is 11.8 Å². The molecule has 1 fully saturated rings. The molecule has 21 heavy (non-hydrogen) atoms. The first-order valence-electron chi connectivity index (χ1n) is 6.98. The monoisotopic (exact) mass is 306 g/mol. The zero-order valence-electron chi connectivity index (χ0n) is 12.0. The van der Waals surface area contributed by atoms with Gasteiger partial charge in [0.25, 0.3) is 5.91 Å². The van der Waals surface area contributed by atoms with E-state index < -0.39 is 5.82 Å². The highest BCUT2D eigenvalue weighted by Gasteiger charge is 2.28. The number of amides is 1. The van der Waals surface area contributed by atoms with E-state index in [9.17, 15) is 9.18 Å². The molecule has 3 nitrogen and oxygen atoms in total. The zero-order chi connectivity index (χ0) is 15.2. The van der Waals surface area contributed by atoms with E-state index in [4.69, 9.17) is 5.73 Å². The van der Waals surface area contributed by atoms with Crippen LogP contribution in [-0.2, 0) is 0 Å². The molecule has 0 bridgehead atoms. The topological polar surface area (TPSA) is 55.1 Å². The maximum absolute atomic E-state index is 13.4. The Morgan fingerprint density at radius 2 is 2.33 bits per heavy atom. The van der Waals surface area contributed by atoms with Crippen molar-refractivity contribution < 1.29 is 9.18 Å². The predicted octanol–water partition coefficient (Wildman–Crippen LogP) is 2.15. The normalized spacial score (nSPS) is 20.7. The van der Waals surface area contributed by atoms with E-state index >= 15 is 0 Å². The molecule has 2 rings (SSSR count). The minimum atomic E-state index is -0.439. The molecule has 1 aliphatic carbocycles. The Morgan fingerprint density at radius 1 is 1.52 bits per heavy atom. The summed E-state index contributed by atoms with van der Waals surface area (Å²) in [5.74, 6) is 4.83. The third-order valence-corrected chi connectivity index (χ3v) is 4.79. The smallest absolute Gasteiger partial charge is 0.252 e. The summed E-state index contributed by atoms with van der Waals surface area (Å²) in [4.78, 5) is 12.4. The third-order valence-electron chi connectivity index (χ3n) is 3.62. The van der Waals surface area contributed by atoms with Crippen LogP contribution in [-0.4, -0.2) is 30.0 Å². The van der Waals surface area contributed by atoms with Crippen molar-refractivity contribution >= 4 is 17.7 Å². The Balaban J connectivity index is 2.20. The molecule has 0 spiro atoms. The number of thioether (sulfide) groups is 1. The van der Waals surface area contributed by atoms with Crippen LogP contribution in [0.1, 0.15) is 35.2 Å². The highest BCUT2D eigenvalue weighted by Crippen LogP contribution is 2.28. The first-order chi connectivity index (χ1) is 10.2. The minimum Gasteiger partial charge on any atom is -0.348 e. The number of hydrogen-bond acceptors (Lipinski definition) is 3. The third kappa shape index (κ3) is 3.99. The number of halogens is 1. The van der Waals surface area contributed by atoms with Crippen molar-refractivity contribution in [1.29, 1.82) is 0 Å². The van der Waals surface area contributed by atoms with Gasteiger partial charge in [-0.15, -0.1) is 0 Å². The van der Waals surface area contributed by atoms with Crippen molar-refractivity contribution in [3.05, 3.63) is 35.1 Å². The van der Waals surface area contributed by atoms with Gasteiger partial charge in [0.15, 0.2) is 0 Å². The van der Waals surface area contributed by atoms with Crippen LogP contribution in [0, 0.1) is 17.7 Å². The molecule has 2 atom stereocenters. The fourth-order valence-electron chi connectivity index (χ4n) is 2.58. The van der Waals surface area contributed by atoms with Gasteiger partial charge in [-0.05, 0) is 37.3 Å². The second-order valence-electron chi connectivity index (χ2n) is 4.98. The Kier molecular flexibility index (Phi) is 5.66. The Bertz CT molecular complexity index is 579. The van der Waals surface area contributed by atoms with Crippen molar-refractivity contribution in [3.63, 3.8) is 0 Å². The number of nitrogens with two attached hydrogens (primary N) is 1. The molecule has 0 heterocycles. The van der Waals surface area contributed by atoms with Crippen LogP contribution in [0.4, 0.5) is 4.39 Å². The molecular weight excluding hydrogens is 287 g/mol. The largest absolute Gasteiger partial charge is 0.348 e. The van der Waals surface area contributed by atoms with Crippen molar-refractivity contribution in [1.82, 2.24) is 5.32 Å². The Morgan fingerprint density at radius 3 is 3.05 bits per heavy atom. The summed E-state index contributed by atoms with van der Waals surface area (Å²) in [6.07, 6.45) is 5.24. The van der Waals surface area contributed by atoms with Gasteiger partial charge in [-0.1, -0.05) is 18.3 Å². The van der Waals surface area contributed by atoms with Gasteiger partial charge in [-0.3, -0.25) is 4.79 Å². The van der Waals surface area contributed by atoms with E-state index in [1.54, 1.807) is 11.8 Å². The van der Waals surface area contributed by atoms with Crippen LogP contribution < -0.4 is 11.1 Å². The summed E-state index contributed by atoms with van der Waals surface area (Å²) < 4.78 is 13.4. The molecule has 1 amide bonds. The van der Waals surface area contributed by atoms with E-state index in [2.05, 4.69) is 23.4 Å². The molecule has 1 aromatic carbocycles. The van der Waals surface area contributed by atoms with E-state index in [-0.39, 0.29) is 24.1 Å². The molecular formula is C16H19FN2OS. The molecule has 1 aliphatic rings. The van der Waals surface area contributed by atoms with Gasteiger partial charge in [0.2, 0.25) is 0 Å². The number of nitrogens with one attached hydrogen (secondary N) is 1. The van der Waals surface area contributed by atoms with Gasteiger partial charge in [0.1, 0.15) is 5.82 Å². The summed E-state index contributed by atoms with van der Waals surface area (Å²) in [7, 11) is 0. The molecule has 5 heteroatoms. The lowest BCUT2D eigenvalue weighted by Crippen LogP contribution is -2.39. The van der Waals surface area contributed by atoms with Crippen LogP contribution >= 0.6 is 11.8 Å². The number of hydrogen-bond donors (Lipinski definition) is 2. The average molecular weight is 306 g/mol. The zero-order valence-corrected chi connectivity index (χ0v) is 12.8. The van der Waals surface area contributed by atoms with E-state index in [1.165, 1.54) is 18.2 Å². The number of carbonyl (C=O) groups is 1. The summed E-state index contributed by atoms with van der Waals surface area (Å²) in [6, 6.07) is 4.20. The summed E-state index contributed by atoms with van der Waals surface area (Å²) >= 11 is 1.77. The molecule has 112 valence electrons. The van der Waals surface area contributed by atoms with Gasteiger partial charge in [0.05, 0.1) is 12.1 Å². The first kappa shape index (κ1) is 15.9. The van der Waals surface area contributed by atoms with Crippen LogP contribution in [0.25, 0.3) is 0 Å². The second-order valence-corrected chi connectivity index (χ2v) is 6.06. The van der Waals surface area contributed by atoms with Gasteiger partial charge in [-0.25, -0.2) is 4.39 Å². The highest BCUT2D eigenvalue weighted by molar-refractivity contribution is 7.99. The molecule has 0 aromatic heterocycles. The minimum absolute atomic E-state index is 0.145. The van der Waals surface area contributed by atoms with Crippen molar-refractivity contribution in [2.45, 2.75) is 30.6 Å². The van der Waals surface area contributed by atoms with Crippen LogP contribution in [0.15, 0.2) is 18.2 Å². The van der Waals surface area contributed by atoms with Gasteiger partial charge in [-0.2, -0.15) is 11.8 Å². The SMILES string of the molecule is CSC1CCCC1NC(=O)c1cc(F)ccc1C#CCN.